The maximum atomic E-state index is 12.5. The summed E-state index contributed by atoms with van der Waals surface area (Å²) in [7, 11) is 0. The number of carbonyl (C=O) groups excluding carboxylic acids is 2. The molecular weight excluding hydrogens is 384 g/mol. The lowest BCUT2D eigenvalue weighted by atomic mass is 10.0. The van der Waals surface area contributed by atoms with Crippen molar-refractivity contribution in [3.63, 3.8) is 0 Å². The van der Waals surface area contributed by atoms with Crippen LogP contribution in [0, 0.1) is 13.8 Å². The van der Waals surface area contributed by atoms with Crippen LogP contribution >= 0.6 is 0 Å². The molecule has 0 fully saturated rings. The lowest BCUT2D eigenvalue weighted by Crippen LogP contribution is -2.34. The highest BCUT2D eigenvalue weighted by Gasteiger charge is 2.20. The number of amides is 1. The number of benzene rings is 1. The first-order valence-electron chi connectivity index (χ1n) is 10.3. The van der Waals surface area contributed by atoms with Gasteiger partial charge >= 0.3 is 5.97 Å². The number of esters is 1. The summed E-state index contributed by atoms with van der Waals surface area (Å²) in [4.78, 5) is 26.5. The number of rotatable bonds is 8. The molecule has 30 heavy (non-hydrogen) atoms. The van der Waals surface area contributed by atoms with Crippen molar-refractivity contribution in [2.75, 3.05) is 13.2 Å². The quantitative estimate of drug-likeness (QED) is 0.600. The summed E-state index contributed by atoms with van der Waals surface area (Å²) in [5.41, 5.74) is 3.10. The second kappa shape index (κ2) is 10.1. The van der Waals surface area contributed by atoms with E-state index in [0.29, 0.717) is 24.5 Å². The van der Waals surface area contributed by atoms with E-state index in [0.717, 1.165) is 48.4 Å². The first-order valence-corrected chi connectivity index (χ1v) is 10.3. The van der Waals surface area contributed by atoms with E-state index >= 15 is 0 Å². The molecule has 0 aliphatic heterocycles. The van der Waals surface area contributed by atoms with Crippen molar-refractivity contribution in [1.29, 1.82) is 0 Å². The van der Waals surface area contributed by atoms with Gasteiger partial charge in [-0.3, -0.25) is 4.79 Å². The number of aryl methyl sites for hydroxylation is 2. The minimum atomic E-state index is -0.533. The summed E-state index contributed by atoms with van der Waals surface area (Å²) >= 11 is 0. The SMILES string of the molecule is CCN(C(=O)COC(=O)c1ccc(OCc2c(C)noc2C)cc1)C1=CCCCC1. The molecule has 3 rings (SSSR count). The summed E-state index contributed by atoms with van der Waals surface area (Å²) in [5, 5.41) is 3.90. The number of allylic oxidation sites excluding steroid dienone is 2. The zero-order valence-corrected chi connectivity index (χ0v) is 17.8. The van der Waals surface area contributed by atoms with Gasteiger partial charge in [0.2, 0.25) is 0 Å². The van der Waals surface area contributed by atoms with E-state index in [4.69, 9.17) is 14.0 Å². The first-order chi connectivity index (χ1) is 14.5. The zero-order chi connectivity index (χ0) is 21.5. The summed E-state index contributed by atoms with van der Waals surface area (Å²) in [6, 6.07) is 6.64. The van der Waals surface area contributed by atoms with Gasteiger partial charge in [0.05, 0.1) is 16.8 Å². The molecule has 0 unspecified atom stereocenters. The van der Waals surface area contributed by atoms with Crippen molar-refractivity contribution in [2.45, 2.75) is 53.1 Å². The number of carbonyl (C=O) groups is 2. The van der Waals surface area contributed by atoms with Gasteiger partial charge in [0.25, 0.3) is 5.91 Å². The van der Waals surface area contributed by atoms with Crippen molar-refractivity contribution in [3.8, 4) is 5.75 Å². The average molecular weight is 412 g/mol. The molecule has 0 radical (unpaired) electrons. The fourth-order valence-corrected chi connectivity index (χ4v) is 3.45. The molecule has 7 heteroatoms. The van der Waals surface area contributed by atoms with Crippen molar-refractivity contribution in [3.05, 3.63) is 58.6 Å². The van der Waals surface area contributed by atoms with Crippen LogP contribution in [-0.2, 0) is 16.1 Å². The minimum absolute atomic E-state index is 0.196. The first kappa shape index (κ1) is 21.6. The zero-order valence-electron chi connectivity index (χ0n) is 17.8. The second-order valence-corrected chi connectivity index (χ2v) is 7.27. The van der Waals surface area contributed by atoms with Crippen LogP contribution in [-0.4, -0.2) is 35.1 Å². The molecule has 1 amide bonds. The smallest absolute Gasteiger partial charge is 0.338 e. The van der Waals surface area contributed by atoms with Gasteiger partial charge in [-0.15, -0.1) is 0 Å². The molecule has 2 aromatic rings. The Balaban J connectivity index is 1.51. The predicted molar refractivity (Wildman–Crippen MR) is 111 cm³/mol. The van der Waals surface area contributed by atoms with Gasteiger partial charge in [-0.05, 0) is 70.7 Å². The van der Waals surface area contributed by atoms with Crippen LogP contribution in [0.4, 0.5) is 0 Å². The van der Waals surface area contributed by atoms with Crippen LogP contribution in [0.15, 0.2) is 40.6 Å². The maximum absolute atomic E-state index is 12.5. The third-order valence-corrected chi connectivity index (χ3v) is 5.21. The average Bonchev–Trinajstić information content (AvgIpc) is 3.09. The molecule has 0 bridgehead atoms. The summed E-state index contributed by atoms with van der Waals surface area (Å²) < 4.78 is 16.1. The van der Waals surface area contributed by atoms with Crippen LogP contribution in [0.2, 0.25) is 0 Å². The maximum Gasteiger partial charge on any atom is 0.338 e. The van der Waals surface area contributed by atoms with Crippen LogP contribution in [0.5, 0.6) is 5.75 Å². The molecule has 1 aliphatic rings. The van der Waals surface area contributed by atoms with Gasteiger partial charge in [0.1, 0.15) is 18.1 Å². The molecule has 0 saturated carbocycles. The summed E-state index contributed by atoms with van der Waals surface area (Å²) in [6.07, 6.45) is 6.22. The van der Waals surface area contributed by atoms with E-state index in [9.17, 15) is 9.59 Å². The lowest BCUT2D eigenvalue weighted by molar-refractivity contribution is -0.132. The molecule has 1 aromatic carbocycles. The standard InChI is InChI=1S/C23H28N2O5/c1-4-25(19-8-6-5-7-9-19)22(26)15-29-23(27)18-10-12-20(13-11-18)28-14-21-16(2)24-30-17(21)3/h8,10-13H,4-7,9,14-15H2,1-3H3. The van der Waals surface area contributed by atoms with Crippen molar-refractivity contribution >= 4 is 11.9 Å². The largest absolute Gasteiger partial charge is 0.489 e. The molecule has 1 aromatic heterocycles. The van der Waals surface area contributed by atoms with E-state index in [1.54, 1.807) is 29.2 Å². The van der Waals surface area contributed by atoms with Crippen LogP contribution in [0.1, 0.15) is 60.0 Å². The topological polar surface area (TPSA) is 81.9 Å². The molecule has 1 heterocycles. The number of hydrogen-bond donors (Lipinski definition) is 0. The van der Waals surface area contributed by atoms with E-state index in [2.05, 4.69) is 11.2 Å². The van der Waals surface area contributed by atoms with Crippen LogP contribution in [0.25, 0.3) is 0 Å². The van der Waals surface area contributed by atoms with Gasteiger partial charge in [-0.25, -0.2) is 4.79 Å². The molecular formula is C23H28N2O5. The molecule has 7 nitrogen and oxygen atoms in total. The van der Waals surface area contributed by atoms with E-state index in [1.165, 1.54) is 0 Å². The van der Waals surface area contributed by atoms with Crippen molar-refractivity contribution < 1.29 is 23.6 Å². The molecule has 0 atom stereocenters. The highest BCUT2D eigenvalue weighted by Crippen LogP contribution is 2.21. The van der Waals surface area contributed by atoms with E-state index < -0.39 is 5.97 Å². The molecule has 0 saturated heterocycles. The Kier molecular flexibility index (Phi) is 7.27. The normalized spacial score (nSPS) is 13.5. The Labute approximate surface area is 176 Å². The number of hydrogen-bond acceptors (Lipinski definition) is 6. The fourth-order valence-electron chi connectivity index (χ4n) is 3.45. The highest BCUT2D eigenvalue weighted by atomic mass is 16.5. The predicted octanol–water partition coefficient (Wildman–Crippen LogP) is 4.33. The van der Waals surface area contributed by atoms with Gasteiger partial charge < -0.3 is 18.9 Å². The number of nitrogens with zero attached hydrogens (tertiary/aromatic N) is 2. The summed E-state index contributed by atoms with van der Waals surface area (Å²) in [6.45, 7) is 6.26. The van der Waals surface area contributed by atoms with Gasteiger partial charge in [-0.1, -0.05) is 11.2 Å². The van der Waals surface area contributed by atoms with Gasteiger partial charge in [-0.2, -0.15) is 0 Å². The third-order valence-electron chi connectivity index (χ3n) is 5.21. The molecule has 0 spiro atoms. The molecule has 0 N–H and O–H groups in total. The van der Waals surface area contributed by atoms with Crippen LogP contribution in [0.3, 0.4) is 0 Å². The highest BCUT2D eigenvalue weighted by molar-refractivity contribution is 5.91. The Hall–Kier alpha value is -3.09. The number of likely N-dealkylation sites (N-methyl/N-ethyl adjacent to an activating group) is 1. The number of ether oxygens (including phenoxy) is 2. The minimum Gasteiger partial charge on any atom is -0.489 e. The Morgan fingerprint density at radius 1 is 1.17 bits per heavy atom. The van der Waals surface area contributed by atoms with Gasteiger partial charge in [0, 0.05) is 12.2 Å². The van der Waals surface area contributed by atoms with Crippen LogP contribution < -0.4 is 4.74 Å². The monoisotopic (exact) mass is 412 g/mol. The third kappa shape index (κ3) is 5.28. The fraction of sp³-hybridized carbons (Fsp3) is 0.435. The van der Waals surface area contributed by atoms with Gasteiger partial charge in [0.15, 0.2) is 6.61 Å². The Morgan fingerprint density at radius 3 is 2.53 bits per heavy atom. The Bertz CT molecular complexity index is 895. The molecule has 160 valence electrons. The Morgan fingerprint density at radius 2 is 1.93 bits per heavy atom. The molecule has 1 aliphatic carbocycles. The summed E-state index contributed by atoms with van der Waals surface area (Å²) in [5.74, 6) is 0.610. The lowest BCUT2D eigenvalue weighted by Gasteiger charge is -2.26. The van der Waals surface area contributed by atoms with E-state index in [1.807, 2.05) is 20.8 Å². The van der Waals surface area contributed by atoms with Crippen molar-refractivity contribution in [2.24, 2.45) is 0 Å². The number of aromatic nitrogens is 1. The van der Waals surface area contributed by atoms with Crippen molar-refractivity contribution in [1.82, 2.24) is 10.1 Å². The second-order valence-electron chi connectivity index (χ2n) is 7.27. The van der Waals surface area contributed by atoms with E-state index in [-0.39, 0.29) is 12.5 Å².